The molecule has 2 amide bonds. The summed E-state index contributed by atoms with van der Waals surface area (Å²) in [5.41, 5.74) is -0.128. The summed E-state index contributed by atoms with van der Waals surface area (Å²) in [6.45, 7) is -0.383. The number of carbonyl (C=O) groups excluding carboxylic acids is 2. The molecule has 0 radical (unpaired) electrons. The molecule has 0 atom stereocenters. The van der Waals surface area contributed by atoms with E-state index in [0.717, 1.165) is 23.9 Å². The summed E-state index contributed by atoms with van der Waals surface area (Å²) in [5.74, 6) is -0.567. The quantitative estimate of drug-likeness (QED) is 0.640. The van der Waals surface area contributed by atoms with E-state index in [-0.39, 0.29) is 23.4 Å². The molecule has 2 aromatic rings. The van der Waals surface area contributed by atoms with Crippen LogP contribution in [0.2, 0.25) is 0 Å². The molecule has 6 nitrogen and oxygen atoms in total. The van der Waals surface area contributed by atoms with Gasteiger partial charge in [0, 0.05) is 5.69 Å². The van der Waals surface area contributed by atoms with Crippen LogP contribution in [0.1, 0.15) is 11.1 Å². The van der Waals surface area contributed by atoms with Gasteiger partial charge in [0.1, 0.15) is 5.75 Å². The lowest BCUT2D eigenvalue weighted by Crippen LogP contribution is -2.20. The smallest absolute Gasteiger partial charge is 0.416 e. The summed E-state index contributed by atoms with van der Waals surface area (Å²) in [6, 6.07) is 10.8. The van der Waals surface area contributed by atoms with E-state index in [1.54, 1.807) is 30.3 Å². The fourth-order valence-electron chi connectivity index (χ4n) is 2.37. The number of thioether (sulfide) groups is 1. The van der Waals surface area contributed by atoms with E-state index in [9.17, 15) is 22.8 Å². The zero-order valence-electron chi connectivity index (χ0n) is 14.7. The molecule has 0 bridgehead atoms. The van der Waals surface area contributed by atoms with Crippen LogP contribution in [-0.2, 0) is 15.8 Å². The van der Waals surface area contributed by atoms with E-state index in [1.165, 1.54) is 12.1 Å². The van der Waals surface area contributed by atoms with Gasteiger partial charge in [0.15, 0.2) is 11.8 Å². The average molecular weight is 421 g/mol. The van der Waals surface area contributed by atoms with Gasteiger partial charge in [-0.05, 0) is 53.7 Å². The highest BCUT2D eigenvalue weighted by Gasteiger charge is 2.30. The highest BCUT2D eigenvalue weighted by Crippen LogP contribution is 2.30. The van der Waals surface area contributed by atoms with Gasteiger partial charge in [0.25, 0.3) is 11.8 Å². The van der Waals surface area contributed by atoms with Crippen molar-refractivity contribution in [3.8, 4) is 5.75 Å². The van der Waals surface area contributed by atoms with E-state index in [2.05, 4.69) is 10.6 Å². The number of carbonyl (C=O) groups is 2. The molecule has 1 heterocycles. The van der Waals surface area contributed by atoms with Crippen LogP contribution in [0.4, 0.5) is 18.9 Å². The highest BCUT2D eigenvalue weighted by molar-refractivity contribution is 8.18. The van der Waals surface area contributed by atoms with Gasteiger partial charge in [0.2, 0.25) is 0 Å². The number of benzene rings is 2. The maximum Gasteiger partial charge on any atom is 0.416 e. The molecule has 1 aliphatic heterocycles. The Bertz CT molecular complexity index is 988. The highest BCUT2D eigenvalue weighted by atomic mass is 32.2. The maximum absolute atomic E-state index is 12.7. The van der Waals surface area contributed by atoms with Crippen LogP contribution in [0, 0.1) is 5.41 Å². The fourth-order valence-corrected chi connectivity index (χ4v) is 3.07. The number of amidine groups is 1. The van der Waals surface area contributed by atoms with Crippen LogP contribution in [0.5, 0.6) is 5.75 Å². The minimum absolute atomic E-state index is 0.0216. The van der Waals surface area contributed by atoms with E-state index in [4.69, 9.17) is 10.1 Å². The maximum atomic E-state index is 12.7. The largest absolute Gasteiger partial charge is 0.484 e. The fraction of sp³-hybridized carbons (Fsp3) is 0.105. The molecule has 0 aliphatic carbocycles. The molecule has 1 aliphatic rings. The Hall–Kier alpha value is -3.27. The summed E-state index contributed by atoms with van der Waals surface area (Å²) in [4.78, 5) is 23.9. The van der Waals surface area contributed by atoms with Crippen molar-refractivity contribution < 1.29 is 27.5 Å². The van der Waals surface area contributed by atoms with Crippen LogP contribution in [0.15, 0.2) is 53.4 Å². The van der Waals surface area contributed by atoms with Crippen molar-refractivity contribution in [1.82, 2.24) is 5.32 Å². The molecule has 29 heavy (non-hydrogen) atoms. The number of halogens is 3. The lowest BCUT2D eigenvalue weighted by atomic mass is 10.2. The normalized spacial score (nSPS) is 15.3. The third-order valence-electron chi connectivity index (χ3n) is 3.68. The molecular weight excluding hydrogens is 407 g/mol. The summed E-state index contributed by atoms with van der Waals surface area (Å²) in [7, 11) is 0. The van der Waals surface area contributed by atoms with Gasteiger partial charge < -0.3 is 15.4 Å². The Morgan fingerprint density at radius 1 is 1.21 bits per heavy atom. The SMILES string of the molecule is N=C1NC(=O)/C(=C/c2ccc(OCC(=O)Nc3cccc(C(F)(F)F)c3)cc2)S1. The number of rotatable bonds is 5. The first-order valence-corrected chi connectivity index (χ1v) is 9.02. The Labute approximate surface area is 167 Å². The van der Waals surface area contributed by atoms with E-state index >= 15 is 0 Å². The van der Waals surface area contributed by atoms with Crippen LogP contribution in [0.3, 0.4) is 0 Å². The topological polar surface area (TPSA) is 91.3 Å². The molecular formula is C19H14F3N3O3S. The average Bonchev–Trinajstić information content (AvgIpc) is 2.97. The summed E-state index contributed by atoms with van der Waals surface area (Å²) in [6.07, 6.45) is -2.88. The Morgan fingerprint density at radius 2 is 1.93 bits per heavy atom. The number of nitrogens with one attached hydrogen (secondary N) is 3. The van der Waals surface area contributed by atoms with Gasteiger partial charge in [-0.2, -0.15) is 13.2 Å². The van der Waals surface area contributed by atoms with Gasteiger partial charge in [-0.25, -0.2) is 0 Å². The van der Waals surface area contributed by atoms with E-state index in [0.29, 0.717) is 16.2 Å². The number of ether oxygens (including phenoxy) is 1. The van der Waals surface area contributed by atoms with Crippen LogP contribution < -0.4 is 15.4 Å². The molecule has 10 heteroatoms. The molecule has 1 fully saturated rings. The van der Waals surface area contributed by atoms with Crippen molar-refractivity contribution in [3.63, 3.8) is 0 Å². The second-order valence-electron chi connectivity index (χ2n) is 5.88. The molecule has 0 saturated carbocycles. The monoisotopic (exact) mass is 421 g/mol. The minimum Gasteiger partial charge on any atom is -0.484 e. The predicted molar refractivity (Wildman–Crippen MR) is 103 cm³/mol. The van der Waals surface area contributed by atoms with Crippen LogP contribution in [-0.4, -0.2) is 23.6 Å². The Morgan fingerprint density at radius 3 is 2.55 bits per heavy atom. The molecule has 1 saturated heterocycles. The standard InChI is InChI=1S/C19H14F3N3O3S/c20-19(21,22)12-2-1-3-13(9-12)24-16(26)10-28-14-6-4-11(5-7-14)8-15-17(27)25-18(23)29-15/h1-9H,10H2,(H,24,26)(H2,23,25,27)/b15-8-. The molecule has 0 spiro atoms. The van der Waals surface area contributed by atoms with Crippen molar-refractivity contribution in [2.45, 2.75) is 6.18 Å². The van der Waals surface area contributed by atoms with E-state index in [1.807, 2.05) is 0 Å². The third kappa shape index (κ3) is 5.61. The van der Waals surface area contributed by atoms with E-state index < -0.39 is 17.6 Å². The zero-order chi connectivity index (χ0) is 21.0. The Kier molecular flexibility index (Phi) is 5.92. The molecule has 150 valence electrons. The second-order valence-corrected chi connectivity index (χ2v) is 6.93. The third-order valence-corrected chi connectivity index (χ3v) is 4.51. The summed E-state index contributed by atoms with van der Waals surface area (Å²) >= 11 is 1.02. The van der Waals surface area contributed by atoms with Gasteiger partial charge in [-0.1, -0.05) is 18.2 Å². The van der Waals surface area contributed by atoms with Gasteiger partial charge >= 0.3 is 6.18 Å². The Balaban J connectivity index is 1.55. The first kappa shape index (κ1) is 20.5. The molecule has 2 aromatic carbocycles. The van der Waals surface area contributed by atoms with Gasteiger partial charge in [-0.3, -0.25) is 15.0 Å². The first-order chi connectivity index (χ1) is 13.7. The number of hydrogen-bond donors (Lipinski definition) is 3. The number of alkyl halides is 3. The lowest BCUT2D eigenvalue weighted by Gasteiger charge is -2.10. The summed E-state index contributed by atoms with van der Waals surface area (Å²) < 4.78 is 43.4. The number of hydrogen-bond acceptors (Lipinski definition) is 5. The molecule has 0 aromatic heterocycles. The van der Waals surface area contributed by atoms with Crippen LogP contribution >= 0.6 is 11.8 Å². The molecule has 3 N–H and O–H groups in total. The van der Waals surface area contributed by atoms with Crippen molar-refractivity contribution in [3.05, 3.63) is 64.6 Å². The van der Waals surface area contributed by atoms with Crippen LogP contribution in [0.25, 0.3) is 6.08 Å². The van der Waals surface area contributed by atoms with Gasteiger partial charge in [-0.15, -0.1) is 0 Å². The van der Waals surface area contributed by atoms with Crippen molar-refractivity contribution in [1.29, 1.82) is 5.41 Å². The van der Waals surface area contributed by atoms with Crippen molar-refractivity contribution >= 4 is 40.5 Å². The van der Waals surface area contributed by atoms with Gasteiger partial charge in [0.05, 0.1) is 10.5 Å². The lowest BCUT2D eigenvalue weighted by molar-refractivity contribution is -0.137. The van der Waals surface area contributed by atoms with Crippen molar-refractivity contribution in [2.75, 3.05) is 11.9 Å². The predicted octanol–water partition coefficient (Wildman–Crippen LogP) is 3.86. The van der Waals surface area contributed by atoms with Crippen molar-refractivity contribution in [2.24, 2.45) is 0 Å². The number of amides is 2. The summed E-state index contributed by atoms with van der Waals surface area (Å²) in [5, 5.41) is 12.2. The minimum atomic E-state index is -4.49. The second kappa shape index (κ2) is 8.39. The first-order valence-electron chi connectivity index (χ1n) is 8.20. The molecule has 0 unspecified atom stereocenters. The molecule has 3 rings (SSSR count). The zero-order valence-corrected chi connectivity index (χ0v) is 15.5. The number of anilines is 1.